The Morgan fingerprint density at radius 3 is 2.06 bits per heavy atom. The standard InChI is InChI=1S/C25H21ClN2O3/c26-15-6-8-16(9-7-15)27(23(29)14-4-2-1-3-5-14)13-28-24(30)21-17-10-11-18(20-12-19(17)20)22(21)25(28)31/h1-11,17-22H,12-13H2/t17-,18-,19-,20-,21-,22+/m1/s1. The molecule has 0 aromatic heterocycles. The summed E-state index contributed by atoms with van der Waals surface area (Å²) in [4.78, 5) is 43.0. The number of imide groups is 1. The van der Waals surface area contributed by atoms with Crippen molar-refractivity contribution in [2.75, 3.05) is 11.6 Å². The Balaban J connectivity index is 1.34. The van der Waals surface area contributed by atoms with E-state index >= 15 is 0 Å². The molecule has 2 aromatic rings. The van der Waals surface area contributed by atoms with E-state index in [1.807, 2.05) is 6.07 Å². The molecule has 2 saturated carbocycles. The summed E-state index contributed by atoms with van der Waals surface area (Å²) in [5.74, 6) is 0.333. The molecule has 156 valence electrons. The lowest BCUT2D eigenvalue weighted by Gasteiger charge is -2.37. The minimum absolute atomic E-state index is 0.0885. The van der Waals surface area contributed by atoms with Gasteiger partial charge in [0.1, 0.15) is 6.67 Å². The number of halogens is 1. The lowest BCUT2D eigenvalue weighted by Crippen LogP contribution is -2.45. The minimum atomic E-state index is -0.273. The first-order valence-corrected chi connectivity index (χ1v) is 11.1. The fourth-order valence-corrected chi connectivity index (χ4v) is 6.05. The van der Waals surface area contributed by atoms with E-state index in [4.69, 9.17) is 11.6 Å². The molecule has 1 saturated heterocycles. The molecule has 5 nitrogen and oxygen atoms in total. The summed E-state index contributed by atoms with van der Waals surface area (Å²) in [5.41, 5.74) is 1.09. The Morgan fingerprint density at radius 1 is 0.903 bits per heavy atom. The minimum Gasteiger partial charge on any atom is -0.290 e. The zero-order valence-electron chi connectivity index (χ0n) is 16.7. The molecule has 0 N–H and O–H groups in total. The van der Waals surface area contributed by atoms with Crippen molar-refractivity contribution in [1.82, 2.24) is 4.90 Å². The lowest BCUT2D eigenvalue weighted by atomic mass is 9.63. The summed E-state index contributed by atoms with van der Waals surface area (Å²) < 4.78 is 0. The van der Waals surface area contributed by atoms with E-state index in [1.165, 1.54) is 9.80 Å². The molecule has 31 heavy (non-hydrogen) atoms. The Kier molecular flexibility index (Phi) is 4.12. The Hall–Kier alpha value is -2.92. The number of anilines is 1. The van der Waals surface area contributed by atoms with Crippen molar-refractivity contribution in [2.24, 2.45) is 35.5 Å². The monoisotopic (exact) mass is 432 g/mol. The van der Waals surface area contributed by atoms with Crippen LogP contribution in [0.2, 0.25) is 5.02 Å². The van der Waals surface area contributed by atoms with E-state index in [0.717, 1.165) is 6.42 Å². The van der Waals surface area contributed by atoms with Gasteiger partial charge in [-0.05, 0) is 66.5 Å². The molecule has 7 rings (SSSR count). The third-order valence-electron chi connectivity index (χ3n) is 7.44. The maximum absolute atomic E-state index is 13.4. The van der Waals surface area contributed by atoms with Gasteiger partial charge < -0.3 is 0 Å². The van der Waals surface area contributed by atoms with Gasteiger partial charge in [0.25, 0.3) is 5.91 Å². The number of likely N-dealkylation sites (tertiary alicyclic amines) is 1. The molecule has 5 aliphatic rings. The number of benzene rings is 2. The molecular formula is C25H21ClN2O3. The molecule has 2 bridgehead atoms. The summed E-state index contributed by atoms with van der Waals surface area (Å²) in [6.07, 6.45) is 5.43. The SMILES string of the molecule is O=C1[C@@H]2[C@@H]3C=C[C@H]([C@H]4C[C@H]34)[C@@H]2C(=O)N1CN(C(=O)c1ccccc1)c1ccc(Cl)cc1. The van der Waals surface area contributed by atoms with Gasteiger partial charge in [-0.3, -0.25) is 24.2 Å². The topological polar surface area (TPSA) is 57.7 Å². The van der Waals surface area contributed by atoms with E-state index in [9.17, 15) is 14.4 Å². The van der Waals surface area contributed by atoms with Crippen LogP contribution in [0.25, 0.3) is 0 Å². The van der Waals surface area contributed by atoms with Gasteiger partial charge in [0.2, 0.25) is 11.8 Å². The zero-order chi connectivity index (χ0) is 21.3. The van der Waals surface area contributed by atoms with Gasteiger partial charge in [-0.1, -0.05) is 42.0 Å². The van der Waals surface area contributed by atoms with Crippen LogP contribution in [-0.2, 0) is 9.59 Å². The molecule has 6 atom stereocenters. The quantitative estimate of drug-likeness (QED) is 0.542. The van der Waals surface area contributed by atoms with E-state index in [2.05, 4.69) is 12.2 Å². The summed E-state index contributed by atoms with van der Waals surface area (Å²) >= 11 is 6.04. The largest absolute Gasteiger partial charge is 0.290 e. The van der Waals surface area contributed by atoms with E-state index in [0.29, 0.717) is 28.1 Å². The summed E-state index contributed by atoms with van der Waals surface area (Å²) in [5, 5.41) is 0.553. The predicted octanol–water partition coefficient (Wildman–Crippen LogP) is 4.00. The second-order valence-corrected chi connectivity index (χ2v) is 9.41. The third-order valence-corrected chi connectivity index (χ3v) is 7.69. The van der Waals surface area contributed by atoms with E-state index in [1.54, 1.807) is 48.5 Å². The van der Waals surface area contributed by atoms with Crippen molar-refractivity contribution in [3.8, 4) is 0 Å². The normalized spacial score (nSPS) is 32.1. The highest BCUT2D eigenvalue weighted by atomic mass is 35.5. The molecular weight excluding hydrogens is 412 g/mol. The molecule has 1 heterocycles. The van der Waals surface area contributed by atoms with Crippen LogP contribution < -0.4 is 4.90 Å². The maximum Gasteiger partial charge on any atom is 0.259 e. The average molecular weight is 433 g/mol. The van der Waals surface area contributed by atoms with Crippen LogP contribution in [0.5, 0.6) is 0 Å². The molecule has 3 amide bonds. The van der Waals surface area contributed by atoms with Gasteiger partial charge in [-0.2, -0.15) is 0 Å². The van der Waals surface area contributed by atoms with Crippen LogP contribution in [0, 0.1) is 35.5 Å². The first kappa shape index (κ1) is 18.8. The van der Waals surface area contributed by atoms with Crippen molar-refractivity contribution in [2.45, 2.75) is 6.42 Å². The number of carbonyl (C=O) groups excluding carboxylic acids is 3. The molecule has 0 spiro atoms. The first-order valence-electron chi connectivity index (χ1n) is 10.7. The molecule has 3 fully saturated rings. The molecule has 0 radical (unpaired) electrons. The molecule has 4 aliphatic carbocycles. The predicted molar refractivity (Wildman–Crippen MR) is 116 cm³/mol. The number of rotatable bonds is 4. The van der Waals surface area contributed by atoms with Gasteiger partial charge in [0.05, 0.1) is 11.8 Å². The van der Waals surface area contributed by atoms with Crippen molar-refractivity contribution in [3.63, 3.8) is 0 Å². The molecule has 2 aromatic carbocycles. The van der Waals surface area contributed by atoms with Crippen LogP contribution in [-0.4, -0.2) is 29.3 Å². The Labute approximate surface area is 185 Å². The number of carbonyl (C=O) groups is 3. The highest BCUT2D eigenvalue weighted by molar-refractivity contribution is 6.30. The fraction of sp³-hybridized carbons (Fsp3) is 0.320. The summed E-state index contributed by atoms with van der Waals surface area (Å²) in [6, 6.07) is 15.8. The number of nitrogens with zero attached hydrogens (tertiary/aromatic N) is 2. The summed E-state index contributed by atoms with van der Waals surface area (Å²) in [7, 11) is 0. The van der Waals surface area contributed by atoms with Crippen molar-refractivity contribution >= 4 is 35.0 Å². The van der Waals surface area contributed by atoms with Gasteiger partial charge in [0.15, 0.2) is 0 Å². The smallest absolute Gasteiger partial charge is 0.259 e. The van der Waals surface area contributed by atoms with Gasteiger partial charge in [0, 0.05) is 16.3 Å². The van der Waals surface area contributed by atoms with Crippen LogP contribution in [0.1, 0.15) is 16.8 Å². The van der Waals surface area contributed by atoms with Crippen molar-refractivity contribution in [1.29, 1.82) is 0 Å². The zero-order valence-corrected chi connectivity index (χ0v) is 17.5. The second kappa shape index (κ2) is 6.79. The molecule has 0 unspecified atom stereocenters. The highest BCUT2D eigenvalue weighted by Crippen LogP contribution is 2.65. The van der Waals surface area contributed by atoms with Gasteiger partial charge in [-0.15, -0.1) is 0 Å². The highest BCUT2D eigenvalue weighted by Gasteiger charge is 2.67. The van der Waals surface area contributed by atoms with Gasteiger partial charge >= 0.3 is 0 Å². The Bertz CT molecular complexity index is 1080. The second-order valence-electron chi connectivity index (χ2n) is 8.98. The number of hydrogen-bond acceptors (Lipinski definition) is 3. The van der Waals surface area contributed by atoms with E-state index < -0.39 is 0 Å². The van der Waals surface area contributed by atoms with Crippen LogP contribution in [0.3, 0.4) is 0 Å². The number of allylic oxidation sites excluding steroid dienone is 2. The maximum atomic E-state index is 13.4. The Morgan fingerprint density at radius 2 is 1.48 bits per heavy atom. The number of amides is 3. The van der Waals surface area contributed by atoms with Crippen LogP contribution in [0.4, 0.5) is 5.69 Å². The van der Waals surface area contributed by atoms with Crippen LogP contribution >= 0.6 is 11.6 Å². The van der Waals surface area contributed by atoms with Gasteiger partial charge in [-0.25, -0.2) is 0 Å². The number of hydrogen-bond donors (Lipinski definition) is 0. The first-order chi connectivity index (χ1) is 15.0. The van der Waals surface area contributed by atoms with E-state index in [-0.39, 0.29) is 48.1 Å². The fourth-order valence-electron chi connectivity index (χ4n) is 5.92. The van der Waals surface area contributed by atoms with Crippen molar-refractivity contribution in [3.05, 3.63) is 77.3 Å². The molecule has 1 aliphatic heterocycles. The molecule has 6 heteroatoms. The average Bonchev–Trinajstić information content (AvgIpc) is 3.58. The third kappa shape index (κ3) is 2.79. The lowest BCUT2D eigenvalue weighted by molar-refractivity contribution is -0.140. The van der Waals surface area contributed by atoms with Crippen LogP contribution in [0.15, 0.2) is 66.7 Å². The summed E-state index contributed by atoms with van der Waals surface area (Å²) in [6.45, 7) is -0.0885. The van der Waals surface area contributed by atoms with Crippen molar-refractivity contribution < 1.29 is 14.4 Å².